The molecule has 5 heteroatoms. The zero-order chi connectivity index (χ0) is 15.4. The molecule has 2 aromatic rings. The number of hydrogen-bond acceptors (Lipinski definition) is 4. The van der Waals surface area contributed by atoms with Gasteiger partial charge in [0.05, 0.1) is 4.88 Å². The third kappa shape index (κ3) is 4.51. The Kier molecular flexibility index (Phi) is 5.76. The second kappa shape index (κ2) is 7.36. The molecule has 0 radical (unpaired) electrons. The van der Waals surface area contributed by atoms with Gasteiger partial charge < -0.3 is 5.32 Å². The first-order chi connectivity index (χ1) is 9.99. The molecule has 0 spiro atoms. The van der Waals surface area contributed by atoms with Gasteiger partial charge >= 0.3 is 0 Å². The molecule has 3 nitrogen and oxygen atoms in total. The molecule has 0 saturated carbocycles. The van der Waals surface area contributed by atoms with Crippen LogP contribution in [0.3, 0.4) is 0 Å². The molecule has 0 amide bonds. The van der Waals surface area contributed by atoms with Gasteiger partial charge in [0.15, 0.2) is 5.82 Å². The molecular weight excluding hydrogens is 346 g/mol. The van der Waals surface area contributed by atoms with Crippen molar-refractivity contribution in [3.8, 4) is 10.7 Å². The van der Waals surface area contributed by atoms with E-state index < -0.39 is 0 Å². The molecule has 1 N–H and O–H groups in total. The van der Waals surface area contributed by atoms with E-state index in [1.165, 1.54) is 4.88 Å². The number of aromatic nitrogens is 2. The quantitative estimate of drug-likeness (QED) is 0.752. The van der Waals surface area contributed by atoms with E-state index in [-0.39, 0.29) is 0 Å². The van der Waals surface area contributed by atoms with Crippen LogP contribution < -0.4 is 5.32 Å². The van der Waals surface area contributed by atoms with Crippen molar-refractivity contribution in [3.63, 3.8) is 0 Å². The Morgan fingerprint density at radius 1 is 1.29 bits per heavy atom. The Labute approximate surface area is 139 Å². The van der Waals surface area contributed by atoms with Crippen LogP contribution in [0.25, 0.3) is 10.7 Å². The molecule has 0 fully saturated rings. The number of hydrogen-bond donors (Lipinski definition) is 1. The Hall–Kier alpha value is -0.940. The first kappa shape index (κ1) is 16.4. The Bertz CT molecular complexity index is 588. The maximum atomic E-state index is 4.74. The summed E-state index contributed by atoms with van der Waals surface area (Å²) in [5.74, 6) is 2.34. The number of rotatable bonds is 6. The van der Waals surface area contributed by atoms with Crippen LogP contribution in [0.5, 0.6) is 0 Å². The number of nitrogens with zero attached hydrogens (tertiary/aromatic N) is 2. The van der Waals surface area contributed by atoms with E-state index >= 15 is 0 Å². The second-order valence-electron chi connectivity index (χ2n) is 5.61. The number of aryl methyl sites for hydroxylation is 1. The summed E-state index contributed by atoms with van der Waals surface area (Å²) in [5.41, 5.74) is 1.11. The van der Waals surface area contributed by atoms with E-state index in [2.05, 4.69) is 66.1 Å². The summed E-state index contributed by atoms with van der Waals surface area (Å²) in [5, 5.41) is 3.38. The van der Waals surface area contributed by atoms with Gasteiger partial charge in [-0.1, -0.05) is 20.8 Å². The van der Waals surface area contributed by atoms with Crippen molar-refractivity contribution in [3.05, 3.63) is 27.2 Å². The average molecular weight is 368 g/mol. The summed E-state index contributed by atoms with van der Waals surface area (Å²) in [6.45, 7) is 9.63. The van der Waals surface area contributed by atoms with Gasteiger partial charge in [0.2, 0.25) is 0 Å². The molecule has 0 aliphatic rings. The van der Waals surface area contributed by atoms with Crippen molar-refractivity contribution < 1.29 is 0 Å². The van der Waals surface area contributed by atoms with Gasteiger partial charge in [-0.25, -0.2) is 9.97 Å². The Morgan fingerprint density at radius 2 is 2.05 bits per heavy atom. The van der Waals surface area contributed by atoms with Crippen molar-refractivity contribution in [2.45, 2.75) is 40.5 Å². The van der Waals surface area contributed by atoms with Crippen molar-refractivity contribution in [1.29, 1.82) is 0 Å². The third-order valence-electron chi connectivity index (χ3n) is 3.03. The summed E-state index contributed by atoms with van der Waals surface area (Å²) < 4.78 is 1.13. The van der Waals surface area contributed by atoms with E-state index in [4.69, 9.17) is 4.98 Å². The van der Waals surface area contributed by atoms with Crippen LogP contribution in [0.2, 0.25) is 0 Å². The first-order valence-electron chi connectivity index (χ1n) is 7.37. The molecule has 0 bridgehead atoms. The Morgan fingerprint density at radius 3 is 2.62 bits per heavy atom. The lowest BCUT2D eigenvalue weighted by molar-refractivity contribution is 0.635. The third-order valence-corrected chi connectivity index (χ3v) is 5.16. The summed E-state index contributed by atoms with van der Waals surface area (Å²) >= 11 is 5.30. The molecule has 0 saturated heterocycles. The molecule has 114 valence electrons. The maximum absolute atomic E-state index is 4.74. The number of halogens is 1. The van der Waals surface area contributed by atoms with Crippen LogP contribution >= 0.6 is 27.3 Å². The highest BCUT2D eigenvalue weighted by atomic mass is 79.9. The molecular formula is C16H22BrN3S. The van der Waals surface area contributed by atoms with Gasteiger partial charge in [-0.2, -0.15) is 0 Å². The van der Waals surface area contributed by atoms with Gasteiger partial charge in [0.1, 0.15) is 5.82 Å². The lowest BCUT2D eigenvalue weighted by Crippen LogP contribution is -2.06. The lowest BCUT2D eigenvalue weighted by atomic mass is 10.1. The zero-order valence-corrected chi connectivity index (χ0v) is 15.4. The van der Waals surface area contributed by atoms with E-state index in [1.807, 2.05) is 0 Å². The van der Waals surface area contributed by atoms with Gasteiger partial charge in [-0.15, -0.1) is 11.3 Å². The maximum Gasteiger partial charge on any atom is 0.171 e. The number of thiophene rings is 1. The molecule has 2 aromatic heterocycles. The minimum absolute atomic E-state index is 0.587. The highest BCUT2D eigenvalue weighted by Gasteiger charge is 2.12. The largest absolute Gasteiger partial charge is 0.370 e. The summed E-state index contributed by atoms with van der Waals surface area (Å²) in [4.78, 5) is 11.8. The summed E-state index contributed by atoms with van der Waals surface area (Å²) in [6.07, 6.45) is 2.06. The summed E-state index contributed by atoms with van der Waals surface area (Å²) in [7, 11) is 0. The van der Waals surface area contributed by atoms with E-state index in [9.17, 15) is 0 Å². The summed E-state index contributed by atoms with van der Waals surface area (Å²) in [6, 6.07) is 4.19. The highest BCUT2D eigenvalue weighted by molar-refractivity contribution is 9.10. The minimum atomic E-state index is 0.587. The molecule has 21 heavy (non-hydrogen) atoms. The smallest absolute Gasteiger partial charge is 0.171 e. The molecule has 2 rings (SSSR count). The van der Waals surface area contributed by atoms with Crippen molar-refractivity contribution in [2.24, 2.45) is 5.92 Å². The monoisotopic (exact) mass is 367 g/mol. The second-order valence-corrected chi connectivity index (χ2v) is 7.72. The first-order valence-corrected chi connectivity index (χ1v) is 8.98. The van der Waals surface area contributed by atoms with E-state index in [0.29, 0.717) is 5.92 Å². The normalized spacial score (nSPS) is 11.1. The molecule has 0 aliphatic heterocycles. The fraction of sp³-hybridized carbons (Fsp3) is 0.500. The minimum Gasteiger partial charge on any atom is -0.370 e. The van der Waals surface area contributed by atoms with Crippen LogP contribution in [0.15, 0.2) is 16.6 Å². The van der Waals surface area contributed by atoms with Crippen LogP contribution in [-0.4, -0.2) is 16.5 Å². The number of nitrogens with one attached hydrogen (secondary N) is 1. The zero-order valence-electron chi connectivity index (χ0n) is 13.0. The van der Waals surface area contributed by atoms with Crippen LogP contribution in [0, 0.1) is 12.8 Å². The predicted octanol–water partition coefficient (Wildman–Crippen LogP) is 5.30. The SMILES string of the molecule is CCCNc1cc(CC(C)C)nc(-c2cc(Br)c(C)s2)n1. The van der Waals surface area contributed by atoms with Gasteiger partial charge in [-0.3, -0.25) is 0 Å². The number of anilines is 1. The van der Waals surface area contributed by atoms with Crippen molar-refractivity contribution in [1.82, 2.24) is 9.97 Å². The molecule has 0 atom stereocenters. The molecule has 0 aliphatic carbocycles. The topological polar surface area (TPSA) is 37.8 Å². The van der Waals surface area contributed by atoms with E-state index in [0.717, 1.165) is 46.1 Å². The van der Waals surface area contributed by atoms with Gasteiger partial charge in [0, 0.05) is 27.7 Å². The van der Waals surface area contributed by atoms with Crippen LogP contribution in [0.1, 0.15) is 37.8 Å². The van der Waals surface area contributed by atoms with Crippen molar-refractivity contribution >= 4 is 33.1 Å². The van der Waals surface area contributed by atoms with Gasteiger partial charge in [0.25, 0.3) is 0 Å². The molecule has 0 unspecified atom stereocenters. The van der Waals surface area contributed by atoms with Crippen LogP contribution in [-0.2, 0) is 6.42 Å². The Balaban J connectivity index is 2.38. The van der Waals surface area contributed by atoms with Crippen LogP contribution in [0.4, 0.5) is 5.82 Å². The van der Waals surface area contributed by atoms with E-state index in [1.54, 1.807) is 11.3 Å². The molecule has 0 aromatic carbocycles. The fourth-order valence-corrected chi connectivity index (χ4v) is 3.51. The lowest BCUT2D eigenvalue weighted by Gasteiger charge is -2.10. The fourth-order valence-electron chi connectivity index (χ4n) is 2.04. The van der Waals surface area contributed by atoms with Crippen molar-refractivity contribution in [2.75, 3.05) is 11.9 Å². The molecule has 2 heterocycles. The highest BCUT2D eigenvalue weighted by Crippen LogP contribution is 2.33. The average Bonchev–Trinajstić information content (AvgIpc) is 2.75. The predicted molar refractivity (Wildman–Crippen MR) is 95.1 cm³/mol. The van der Waals surface area contributed by atoms with Gasteiger partial charge in [-0.05, 0) is 47.7 Å². The standard InChI is InChI=1S/C16H22BrN3S/c1-5-6-18-15-8-12(7-10(2)3)19-16(20-15)14-9-13(17)11(4)21-14/h8-10H,5-7H2,1-4H3,(H,18,19,20).